The maximum atomic E-state index is 12.2. The molecular weight excluding hydrogens is 290 g/mol. The van der Waals surface area contributed by atoms with Gasteiger partial charge in [-0.3, -0.25) is 9.59 Å². The molecule has 0 atom stereocenters. The van der Waals surface area contributed by atoms with Gasteiger partial charge in [-0.1, -0.05) is 39.8 Å². The number of rotatable bonds is 2. The van der Waals surface area contributed by atoms with E-state index in [0.29, 0.717) is 18.8 Å². The molecule has 1 saturated heterocycles. The molecule has 0 aliphatic carbocycles. The van der Waals surface area contributed by atoms with E-state index in [2.05, 4.69) is 37.9 Å². The summed E-state index contributed by atoms with van der Waals surface area (Å²) in [5.74, 6) is -1.00. The smallest absolute Gasteiger partial charge is 0.313 e. The van der Waals surface area contributed by atoms with Crippen molar-refractivity contribution < 1.29 is 9.59 Å². The Morgan fingerprint density at radius 3 is 2.09 bits per heavy atom. The van der Waals surface area contributed by atoms with Crippen LogP contribution in [0.15, 0.2) is 24.3 Å². The number of anilines is 1. The first-order valence-electron chi connectivity index (χ1n) is 8.24. The second-order valence-electron chi connectivity index (χ2n) is 7.01. The monoisotopic (exact) mass is 317 g/mol. The molecule has 126 valence electrons. The van der Waals surface area contributed by atoms with Gasteiger partial charge in [0.15, 0.2) is 0 Å². The van der Waals surface area contributed by atoms with Crippen molar-refractivity contribution in [3.63, 3.8) is 0 Å². The van der Waals surface area contributed by atoms with Crippen LogP contribution in [0.4, 0.5) is 5.69 Å². The van der Waals surface area contributed by atoms with Crippen LogP contribution >= 0.6 is 0 Å². The Balaban J connectivity index is 1.92. The Morgan fingerprint density at radius 1 is 1.04 bits per heavy atom. The van der Waals surface area contributed by atoms with Crippen LogP contribution in [0.5, 0.6) is 0 Å². The number of hydrogen-bond acceptors (Lipinski definition) is 3. The third kappa shape index (κ3) is 4.55. The number of nitrogens with zero attached hydrogens (tertiary/aromatic N) is 2. The van der Waals surface area contributed by atoms with E-state index in [-0.39, 0.29) is 5.41 Å². The highest BCUT2D eigenvalue weighted by molar-refractivity contribution is 6.39. The maximum absolute atomic E-state index is 12.2. The first-order valence-corrected chi connectivity index (χ1v) is 8.24. The van der Waals surface area contributed by atoms with Gasteiger partial charge in [-0.25, -0.2) is 0 Å². The number of benzene rings is 1. The maximum Gasteiger partial charge on any atom is 0.313 e. The Bertz CT molecular complexity index is 553. The molecule has 5 nitrogen and oxygen atoms in total. The molecule has 1 aliphatic rings. The number of likely N-dealkylation sites (N-methyl/N-ethyl adjacent to an activating group) is 1. The fourth-order valence-electron chi connectivity index (χ4n) is 2.65. The molecule has 0 radical (unpaired) electrons. The molecular formula is C18H27N3O2. The molecule has 23 heavy (non-hydrogen) atoms. The van der Waals surface area contributed by atoms with E-state index in [1.54, 1.807) is 4.90 Å². The number of carbonyl (C=O) groups is 2. The molecule has 0 aromatic heterocycles. The van der Waals surface area contributed by atoms with Crippen LogP contribution in [0.25, 0.3) is 0 Å². The van der Waals surface area contributed by atoms with Crippen LogP contribution in [0, 0.1) is 0 Å². The summed E-state index contributed by atoms with van der Waals surface area (Å²) >= 11 is 0. The van der Waals surface area contributed by atoms with Gasteiger partial charge in [-0.15, -0.1) is 0 Å². The fourth-order valence-corrected chi connectivity index (χ4v) is 2.65. The minimum absolute atomic E-state index is 0.0668. The Hall–Kier alpha value is -1.88. The molecule has 0 bridgehead atoms. The van der Waals surface area contributed by atoms with E-state index >= 15 is 0 Å². The quantitative estimate of drug-likeness (QED) is 0.850. The van der Waals surface area contributed by atoms with Crippen LogP contribution < -0.4 is 5.32 Å². The SMILES string of the molecule is CCN1CCN(C(=O)C(=O)Nc2ccc(C(C)(C)C)cc2)CC1. The van der Waals surface area contributed by atoms with E-state index < -0.39 is 11.8 Å². The van der Waals surface area contributed by atoms with Crippen molar-refractivity contribution in [3.05, 3.63) is 29.8 Å². The first kappa shape index (κ1) is 17.5. The zero-order valence-corrected chi connectivity index (χ0v) is 14.6. The van der Waals surface area contributed by atoms with Gasteiger partial charge in [0.25, 0.3) is 0 Å². The molecule has 5 heteroatoms. The minimum Gasteiger partial charge on any atom is -0.332 e. The van der Waals surface area contributed by atoms with Gasteiger partial charge in [0.1, 0.15) is 0 Å². The lowest BCUT2D eigenvalue weighted by Gasteiger charge is -2.33. The average Bonchev–Trinajstić information content (AvgIpc) is 2.54. The van der Waals surface area contributed by atoms with Crippen molar-refractivity contribution in [3.8, 4) is 0 Å². The summed E-state index contributed by atoms with van der Waals surface area (Å²) in [6, 6.07) is 7.67. The lowest BCUT2D eigenvalue weighted by atomic mass is 9.87. The van der Waals surface area contributed by atoms with Crippen molar-refractivity contribution in [2.24, 2.45) is 0 Å². The lowest BCUT2D eigenvalue weighted by Crippen LogP contribution is -2.51. The molecule has 0 saturated carbocycles. The van der Waals surface area contributed by atoms with Gasteiger partial charge in [0, 0.05) is 31.9 Å². The Morgan fingerprint density at radius 2 is 1.61 bits per heavy atom. The Kier molecular flexibility index (Phi) is 5.42. The molecule has 1 heterocycles. The molecule has 1 N–H and O–H groups in total. The average molecular weight is 317 g/mol. The number of hydrogen-bond donors (Lipinski definition) is 1. The molecule has 2 amide bonds. The minimum atomic E-state index is -0.557. The molecule has 2 rings (SSSR count). The van der Waals surface area contributed by atoms with Gasteiger partial charge >= 0.3 is 11.8 Å². The lowest BCUT2D eigenvalue weighted by molar-refractivity contribution is -0.144. The zero-order valence-electron chi connectivity index (χ0n) is 14.6. The van der Waals surface area contributed by atoms with Gasteiger partial charge in [-0.05, 0) is 29.7 Å². The molecule has 0 unspecified atom stereocenters. The summed E-state index contributed by atoms with van der Waals surface area (Å²) in [7, 11) is 0. The van der Waals surface area contributed by atoms with Crippen molar-refractivity contribution >= 4 is 17.5 Å². The van der Waals surface area contributed by atoms with Crippen molar-refractivity contribution in [1.29, 1.82) is 0 Å². The number of amides is 2. The van der Waals surface area contributed by atoms with Crippen molar-refractivity contribution in [1.82, 2.24) is 9.80 Å². The molecule has 0 spiro atoms. The predicted molar refractivity (Wildman–Crippen MR) is 92.5 cm³/mol. The van der Waals surface area contributed by atoms with Gasteiger partial charge in [-0.2, -0.15) is 0 Å². The highest BCUT2D eigenvalue weighted by Crippen LogP contribution is 2.23. The van der Waals surface area contributed by atoms with Gasteiger partial charge in [0.2, 0.25) is 0 Å². The number of carbonyl (C=O) groups excluding carboxylic acids is 2. The fraction of sp³-hybridized carbons (Fsp3) is 0.556. The summed E-state index contributed by atoms with van der Waals surface area (Å²) in [4.78, 5) is 28.2. The second-order valence-corrected chi connectivity index (χ2v) is 7.01. The van der Waals surface area contributed by atoms with Crippen molar-refractivity contribution in [2.75, 3.05) is 38.0 Å². The third-order valence-corrected chi connectivity index (χ3v) is 4.31. The van der Waals surface area contributed by atoms with E-state index in [9.17, 15) is 9.59 Å². The molecule has 1 aromatic carbocycles. The number of piperazine rings is 1. The number of nitrogens with one attached hydrogen (secondary N) is 1. The summed E-state index contributed by atoms with van der Waals surface area (Å²) in [5, 5.41) is 2.70. The summed E-state index contributed by atoms with van der Waals surface area (Å²) in [6.07, 6.45) is 0. The largest absolute Gasteiger partial charge is 0.332 e. The highest BCUT2D eigenvalue weighted by Gasteiger charge is 2.25. The topological polar surface area (TPSA) is 52.7 Å². The van der Waals surface area contributed by atoms with E-state index in [1.807, 2.05) is 24.3 Å². The molecule has 1 aliphatic heterocycles. The van der Waals surface area contributed by atoms with E-state index in [0.717, 1.165) is 19.6 Å². The summed E-state index contributed by atoms with van der Waals surface area (Å²) in [6.45, 7) is 12.4. The van der Waals surface area contributed by atoms with Crippen LogP contribution in [0.1, 0.15) is 33.3 Å². The molecule has 1 aromatic rings. The van der Waals surface area contributed by atoms with Crippen LogP contribution in [-0.4, -0.2) is 54.3 Å². The normalized spacial score (nSPS) is 16.3. The van der Waals surface area contributed by atoms with E-state index in [4.69, 9.17) is 0 Å². The van der Waals surface area contributed by atoms with Gasteiger partial charge < -0.3 is 15.1 Å². The van der Waals surface area contributed by atoms with Gasteiger partial charge in [0.05, 0.1) is 0 Å². The predicted octanol–water partition coefficient (Wildman–Crippen LogP) is 2.09. The summed E-state index contributed by atoms with van der Waals surface area (Å²) in [5.41, 5.74) is 1.91. The zero-order chi connectivity index (χ0) is 17.0. The highest BCUT2D eigenvalue weighted by atomic mass is 16.2. The molecule has 1 fully saturated rings. The standard InChI is InChI=1S/C18H27N3O2/c1-5-20-10-12-21(13-11-20)17(23)16(22)19-15-8-6-14(7-9-15)18(2,3)4/h6-9H,5,10-13H2,1-4H3,(H,19,22). The Labute approximate surface area is 138 Å². The third-order valence-electron chi connectivity index (χ3n) is 4.31. The van der Waals surface area contributed by atoms with E-state index in [1.165, 1.54) is 5.56 Å². The van der Waals surface area contributed by atoms with Crippen LogP contribution in [0.2, 0.25) is 0 Å². The van der Waals surface area contributed by atoms with Crippen LogP contribution in [-0.2, 0) is 15.0 Å². The van der Waals surface area contributed by atoms with Crippen molar-refractivity contribution in [2.45, 2.75) is 33.1 Å². The second kappa shape index (κ2) is 7.13. The summed E-state index contributed by atoms with van der Waals surface area (Å²) < 4.78 is 0. The van der Waals surface area contributed by atoms with Crippen LogP contribution in [0.3, 0.4) is 0 Å². The first-order chi connectivity index (χ1) is 10.8.